The van der Waals surface area contributed by atoms with Crippen molar-refractivity contribution in [3.63, 3.8) is 0 Å². The van der Waals surface area contributed by atoms with Crippen molar-refractivity contribution in [1.82, 2.24) is 9.97 Å². The lowest BCUT2D eigenvalue weighted by Gasteiger charge is -2.02. The van der Waals surface area contributed by atoms with Crippen molar-refractivity contribution in [1.29, 1.82) is 5.26 Å². The van der Waals surface area contributed by atoms with E-state index in [1.807, 2.05) is 13.0 Å². The van der Waals surface area contributed by atoms with Gasteiger partial charge in [-0.1, -0.05) is 17.4 Å². The summed E-state index contributed by atoms with van der Waals surface area (Å²) >= 11 is 1.03. The van der Waals surface area contributed by atoms with E-state index in [4.69, 9.17) is 5.11 Å². The molecule has 2 aromatic heterocycles. The predicted molar refractivity (Wildman–Crippen MR) is 96.2 cm³/mol. The fraction of sp³-hybridized carbons (Fsp3) is 0.0556. The van der Waals surface area contributed by atoms with Crippen molar-refractivity contribution in [2.45, 2.75) is 6.92 Å². The van der Waals surface area contributed by atoms with Crippen LogP contribution in [0.5, 0.6) is 0 Å². The van der Waals surface area contributed by atoms with Gasteiger partial charge in [-0.15, -0.1) is 0 Å². The van der Waals surface area contributed by atoms with Crippen LogP contribution in [0.2, 0.25) is 0 Å². The molecule has 0 atom stereocenters. The van der Waals surface area contributed by atoms with E-state index < -0.39 is 11.9 Å². The molecule has 0 aliphatic heterocycles. The molecule has 0 unspecified atom stereocenters. The number of rotatable bonds is 4. The maximum absolute atomic E-state index is 12.4. The van der Waals surface area contributed by atoms with E-state index in [2.05, 4.69) is 21.4 Å². The third-order valence-corrected chi connectivity index (χ3v) is 4.35. The number of thiazole rings is 1. The van der Waals surface area contributed by atoms with Gasteiger partial charge in [0.2, 0.25) is 0 Å². The normalized spacial score (nSPS) is 10.2. The first kappa shape index (κ1) is 17.3. The van der Waals surface area contributed by atoms with E-state index in [0.717, 1.165) is 16.9 Å². The minimum absolute atomic E-state index is 0.0131. The van der Waals surface area contributed by atoms with Gasteiger partial charge in [-0.05, 0) is 42.8 Å². The van der Waals surface area contributed by atoms with Gasteiger partial charge in [-0.3, -0.25) is 15.1 Å². The second kappa shape index (κ2) is 7.13. The lowest BCUT2D eigenvalue weighted by Crippen LogP contribution is -2.12. The zero-order valence-electron chi connectivity index (χ0n) is 13.6. The lowest BCUT2D eigenvalue weighted by atomic mass is 10.1. The first-order chi connectivity index (χ1) is 12.5. The molecular formula is C18H12N4O3S. The Morgan fingerprint density at radius 2 is 2.00 bits per heavy atom. The highest BCUT2D eigenvalue weighted by atomic mass is 32.1. The van der Waals surface area contributed by atoms with Crippen LogP contribution in [-0.4, -0.2) is 27.0 Å². The molecule has 0 saturated carbocycles. The van der Waals surface area contributed by atoms with Crippen LogP contribution in [0.15, 0.2) is 42.6 Å². The Labute approximate surface area is 152 Å². The van der Waals surface area contributed by atoms with Gasteiger partial charge in [0.25, 0.3) is 5.91 Å². The van der Waals surface area contributed by atoms with Crippen molar-refractivity contribution < 1.29 is 14.7 Å². The molecule has 0 aliphatic carbocycles. The topological polar surface area (TPSA) is 116 Å². The number of amides is 1. The van der Waals surface area contributed by atoms with E-state index >= 15 is 0 Å². The fourth-order valence-electron chi connectivity index (χ4n) is 2.25. The Balaban J connectivity index is 1.89. The molecule has 26 heavy (non-hydrogen) atoms. The quantitative estimate of drug-likeness (QED) is 0.733. The molecule has 0 spiro atoms. The third kappa shape index (κ3) is 3.58. The van der Waals surface area contributed by atoms with E-state index in [0.29, 0.717) is 16.3 Å². The molecule has 8 heteroatoms. The first-order valence-electron chi connectivity index (χ1n) is 7.46. The zero-order chi connectivity index (χ0) is 18.7. The number of hydrogen-bond donors (Lipinski definition) is 2. The van der Waals surface area contributed by atoms with Crippen molar-refractivity contribution in [3.05, 3.63) is 64.2 Å². The minimum atomic E-state index is -1.12. The number of carboxylic acids is 1. The largest absolute Gasteiger partial charge is 0.478 e. The van der Waals surface area contributed by atoms with Gasteiger partial charge in [0, 0.05) is 11.8 Å². The van der Waals surface area contributed by atoms with Gasteiger partial charge in [-0.25, -0.2) is 9.78 Å². The molecule has 2 N–H and O–H groups in total. The van der Waals surface area contributed by atoms with Gasteiger partial charge in [-0.2, -0.15) is 5.26 Å². The second-order valence-electron chi connectivity index (χ2n) is 5.37. The summed E-state index contributed by atoms with van der Waals surface area (Å²) in [6.07, 6.45) is 1.63. The number of carbonyl (C=O) groups excluding carboxylic acids is 1. The second-order valence-corrected chi connectivity index (χ2v) is 6.37. The predicted octanol–water partition coefficient (Wildman–Crippen LogP) is 3.34. The lowest BCUT2D eigenvalue weighted by molar-refractivity contribution is 0.0697. The molecule has 1 aromatic carbocycles. The van der Waals surface area contributed by atoms with Gasteiger partial charge in [0.15, 0.2) is 5.13 Å². The van der Waals surface area contributed by atoms with Crippen LogP contribution in [0.3, 0.4) is 0 Å². The van der Waals surface area contributed by atoms with E-state index in [1.165, 1.54) is 24.3 Å². The van der Waals surface area contributed by atoms with Crippen LogP contribution in [0.4, 0.5) is 5.13 Å². The van der Waals surface area contributed by atoms with Crippen LogP contribution >= 0.6 is 11.3 Å². The van der Waals surface area contributed by atoms with Gasteiger partial charge < -0.3 is 5.11 Å². The first-order valence-corrected chi connectivity index (χ1v) is 8.28. The molecule has 3 rings (SSSR count). The van der Waals surface area contributed by atoms with Crippen molar-refractivity contribution >= 4 is 28.3 Å². The van der Waals surface area contributed by atoms with Crippen LogP contribution in [0.1, 0.15) is 31.2 Å². The van der Waals surface area contributed by atoms with Crippen LogP contribution in [0, 0.1) is 18.3 Å². The summed E-state index contributed by atoms with van der Waals surface area (Å²) in [4.78, 5) is 32.2. The summed E-state index contributed by atoms with van der Waals surface area (Å²) in [6.45, 7) is 1.90. The maximum atomic E-state index is 12.4. The Kier molecular flexibility index (Phi) is 4.73. The zero-order valence-corrected chi connectivity index (χ0v) is 14.4. The highest BCUT2D eigenvalue weighted by Crippen LogP contribution is 2.30. The number of pyridine rings is 1. The monoisotopic (exact) mass is 364 g/mol. The van der Waals surface area contributed by atoms with Crippen LogP contribution in [0.25, 0.3) is 11.4 Å². The molecule has 2 heterocycles. The highest BCUT2D eigenvalue weighted by molar-refractivity contribution is 7.16. The fourth-order valence-corrected chi connectivity index (χ4v) is 3.02. The van der Waals surface area contributed by atoms with E-state index in [-0.39, 0.29) is 16.3 Å². The number of anilines is 1. The molecule has 128 valence electrons. The van der Waals surface area contributed by atoms with Gasteiger partial charge in [0.1, 0.15) is 16.6 Å². The minimum Gasteiger partial charge on any atom is -0.478 e. The summed E-state index contributed by atoms with van der Waals surface area (Å²) in [5, 5.41) is 21.2. The molecule has 0 aliphatic rings. The smallest absolute Gasteiger partial charge is 0.335 e. The van der Waals surface area contributed by atoms with Gasteiger partial charge in [0.05, 0.1) is 11.3 Å². The SMILES string of the molecule is Cc1ccnc(-c2nc(NC(=O)c3cccc(C(=O)O)c3)sc2C#N)c1. The van der Waals surface area contributed by atoms with Crippen molar-refractivity contribution in [2.24, 2.45) is 0 Å². The standard InChI is InChI=1S/C18H12N4O3S/c1-10-5-6-20-13(7-10)15-14(9-19)26-18(21-15)22-16(23)11-3-2-4-12(8-11)17(24)25/h2-8H,1H3,(H,24,25)(H,21,22,23). The number of nitrogens with one attached hydrogen (secondary N) is 1. The molecule has 3 aromatic rings. The number of aromatic carboxylic acids is 1. The number of carboxylic acid groups (broad SMARTS) is 1. The number of hydrogen-bond acceptors (Lipinski definition) is 6. The molecule has 0 fully saturated rings. The Morgan fingerprint density at radius 1 is 1.23 bits per heavy atom. The molecule has 0 bridgehead atoms. The van der Waals surface area contributed by atoms with Crippen LogP contribution < -0.4 is 5.32 Å². The number of nitrogens with zero attached hydrogens (tertiary/aromatic N) is 3. The number of aryl methyl sites for hydroxylation is 1. The maximum Gasteiger partial charge on any atom is 0.335 e. The number of nitriles is 1. The van der Waals surface area contributed by atoms with Crippen molar-refractivity contribution in [2.75, 3.05) is 5.32 Å². The number of benzene rings is 1. The summed E-state index contributed by atoms with van der Waals surface area (Å²) < 4.78 is 0. The Bertz CT molecular complexity index is 1050. The third-order valence-electron chi connectivity index (χ3n) is 3.48. The number of aromatic nitrogens is 2. The van der Waals surface area contributed by atoms with Crippen molar-refractivity contribution in [3.8, 4) is 17.5 Å². The average molecular weight is 364 g/mol. The molecule has 1 amide bonds. The summed E-state index contributed by atoms with van der Waals surface area (Å²) in [5.74, 6) is -1.62. The molecule has 7 nitrogen and oxygen atoms in total. The summed E-state index contributed by atoms with van der Waals surface area (Å²) in [5.41, 5.74) is 2.12. The Hall–Kier alpha value is -3.57. The van der Waals surface area contributed by atoms with E-state index in [9.17, 15) is 14.9 Å². The molecule has 0 radical (unpaired) electrons. The summed E-state index contributed by atoms with van der Waals surface area (Å²) in [7, 11) is 0. The highest BCUT2D eigenvalue weighted by Gasteiger charge is 2.17. The van der Waals surface area contributed by atoms with Crippen LogP contribution in [-0.2, 0) is 0 Å². The molecule has 0 saturated heterocycles. The van der Waals surface area contributed by atoms with E-state index in [1.54, 1.807) is 12.3 Å². The van der Waals surface area contributed by atoms with Gasteiger partial charge >= 0.3 is 5.97 Å². The Morgan fingerprint density at radius 3 is 2.69 bits per heavy atom. The summed E-state index contributed by atoms with van der Waals surface area (Å²) in [6, 6.07) is 11.4. The number of carbonyl (C=O) groups is 2. The molecular weight excluding hydrogens is 352 g/mol. The average Bonchev–Trinajstić information content (AvgIpc) is 3.04.